The highest BCUT2D eigenvalue weighted by Crippen LogP contribution is 2.28. The number of ether oxygens (including phenoxy) is 1. The van der Waals surface area contributed by atoms with Crippen LogP contribution in [0.25, 0.3) is 0 Å². The minimum atomic E-state index is 0.499. The van der Waals surface area contributed by atoms with E-state index in [1.54, 1.807) is 0 Å². The lowest BCUT2D eigenvalue weighted by Crippen LogP contribution is -2.41. The van der Waals surface area contributed by atoms with Crippen molar-refractivity contribution in [2.75, 3.05) is 19.8 Å². The largest absolute Gasteiger partial charge is 0.380 e. The van der Waals surface area contributed by atoms with Crippen molar-refractivity contribution in [1.82, 2.24) is 5.32 Å². The van der Waals surface area contributed by atoms with Crippen LogP contribution in [0.15, 0.2) is 24.3 Å². The third-order valence-electron chi connectivity index (χ3n) is 3.95. The van der Waals surface area contributed by atoms with E-state index in [9.17, 15) is 0 Å². The number of hydrogen-bond donors (Lipinski definition) is 1. The lowest BCUT2D eigenvalue weighted by atomic mass is 9.97. The molecule has 1 aliphatic rings. The van der Waals surface area contributed by atoms with E-state index in [1.807, 2.05) is 0 Å². The Balaban J connectivity index is 1.92. The number of hydrogen-bond acceptors (Lipinski definition) is 2. The Kier molecular flexibility index (Phi) is 5.87. The molecule has 19 heavy (non-hydrogen) atoms. The van der Waals surface area contributed by atoms with Gasteiger partial charge in [-0.1, -0.05) is 38.1 Å². The zero-order chi connectivity index (χ0) is 13.5. The molecule has 1 aromatic rings. The summed E-state index contributed by atoms with van der Waals surface area (Å²) in [6, 6.07) is 9.36. The molecule has 106 valence electrons. The van der Waals surface area contributed by atoms with Crippen LogP contribution in [0.3, 0.4) is 0 Å². The Morgan fingerprint density at radius 2 is 1.84 bits per heavy atom. The van der Waals surface area contributed by atoms with Crippen molar-refractivity contribution in [3.8, 4) is 0 Å². The van der Waals surface area contributed by atoms with E-state index in [0.29, 0.717) is 12.0 Å². The molecule has 0 saturated carbocycles. The fraction of sp³-hybridized carbons (Fsp3) is 0.647. The quantitative estimate of drug-likeness (QED) is 0.726. The van der Waals surface area contributed by atoms with E-state index in [-0.39, 0.29) is 0 Å². The number of fused-ring (bicyclic) bond motifs is 1. The molecule has 0 saturated heterocycles. The van der Waals surface area contributed by atoms with Crippen molar-refractivity contribution in [2.45, 2.75) is 45.6 Å². The maximum Gasteiger partial charge on any atom is 0.0622 e. The molecular weight excluding hydrogens is 234 g/mol. The second-order valence-corrected chi connectivity index (χ2v) is 5.57. The van der Waals surface area contributed by atoms with Gasteiger partial charge in [-0.25, -0.2) is 0 Å². The van der Waals surface area contributed by atoms with Crippen molar-refractivity contribution in [2.24, 2.45) is 5.92 Å². The van der Waals surface area contributed by atoms with Gasteiger partial charge in [0.15, 0.2) is 0 Å². The molecule has 1 aliphatic carbocycles. The fourth-order valence-electron chi connectivity index (χ4n) is 2.92. The van der Waals surface area contributed by atoms with Gasteiger partial charge in [0, 0.05) is 12.6 Å². The monoisotopic (exact) mass is 261 g/mol. The predicted molar refractivity (Wildman–Crippen MR) is 80.5 cm³/mol. The van der Waals surface area contributed by atoms with Crippen LogP contribution in [0.5, 0.6) is 0 Å². The van der Waals surface area contributed by atoms with Crippen molar-refractivity contribution in [1.29, 1.82) is 0 Å². The fourth-order valence-corrected chi connectivity index (χ4v) is 2.92. The summed E-state index contributed by atoms with van der Waals surface area (Å²) >= 11 is 0. The van der Waals surface area contributed by atoms with Gasteiger partial charge >= 0.3 is 0 Å². The molecular formula is C17H27NO. The zero-order valence-corrected chi connectivity index (χ0v) is 12.3. The third kappa shape index (κ3) is 4.05. The summed E-state index contributed by atoms with van der Waals surface area (Å²) in [7, 11) is 0. The van der Waals surface area contributed by atoms with Gasteiger partial charge < -0.3 is 10.1 Å². The molecule has 2 rings (SSSR count). The van der Waals surface area contributed by atoms with Crippen LogP contribution in [0, 0.1) is 5.92 Å². The van der Waals surface area contributed by atoms with E-state index < -0.39 is 0 Å². The average molecular weight is 261 g/mol. The molecule has 1 atom stereocenters. The van der Waals surface area contributed by atoms with Crippen molar-refractivity contribution in [3.05, 3.63) is 35.4 Å². The van der Waals surface area contributed by atoms with Crippen LogP contribution < -0.4 is 5.32 Å². The summed E-state index contributed by atoms with van der Waals surface area (Å²) in [6.07, 6.45) is 4.69. The summed E-state index contributed by atoms with van der Waals surface area (Å²) in [5, 5.41) is 3.68. The Morgan fingerprint density at radius 3 is 2.42 bits per heavy atom. The zero-order valence-electron chi connectivity index (χ0n) is 12.3. The highest BCUT2D eigenvalue weighted by atomic mass is 16.5. The molecule has 1 N–H and O–H groups in total. The van der Waals surface area contributed by atoms with E-state index in [0.717, 1.165) is 26.2 Å². The Labute approximate surface area is 117 Å². The highest BCUT2D eigenvalue weighted by molar-refractivity contribution is 5.32. The topological polar surface area (TPSA) is 21.3 Å². The van der Waals surface area contributed by atoms with E-state index in [2.05, 4.69) is 43.4 Å². The molecule has 0 fully saturated rings. The lowest BCUT2D eigenvalue weighted by molar-refractivity contribution is 0.0945. The molecule has 0 aromatic heterocycles. The first-order valence-corrected chi connectivity index (χ1v) is 7.73. The lowest BCUT2D eigenvalue weighted by Gasteiger charge is -2.24. The van der Waals surface area contributed by atoms with Crippen LogP contribution in [0.4, 0.5) is 0 Å². The van der Waals surface area contributed by atoms with Crippen LogP contribution in [0.1, 0.15) is 37.8 Å². The van der Waals surface area contributed by atoms with Crippen molar-refractivity contribution in [3.63, 3.8) is 0 Å². The number of benzene rings is 1. The Bertz CT molecular complexity index is 352. The molecule has 0 radical (unpaired) electrons. The summed E-state index contributed by atoms with van der Waals surface area (Å²) in [6.45, 7) is 7.21. The third-order valence-corrected chi connectivity index (χ3v) is 3.95. The van der Waals surface area contributed by atoms with Gasteiger partial charge in [-0.2, -0.15) is 0 Å². The molecule has 2 nitrogen and oxygen atoms in total. The molecule has 0 amide bonds. The van der Waals surface area contributed by atoms with Gasteiger partial charge in [-0.15, -0.1) is 0 Å². The molecule has 0 spiro atoms. The standard InChI is InChI=1S/C17H27NO/c1-3-9-18-17(13-19-10-4-2)16-11-14-7-5-6-8-15(14)12-16/h5-8,16-18H,3-4,9-13H2,1-2H3. The van der Waals surface area contributed by atoms with Crippen LogP contribution >= 0.6 is 0 Å². The first kappa shape index (κ1) is 14.5. The van der Waals surface area contributed by atoms with E-state index in [1.165, 1.54) is 30.4 Å². The first-order valence-electron chi connectivity index (χ1n) is 7.73. The van der Waals surface area contributed by atoms with Gasteiger partial charge in [0.1, 0.15) is 0 Å². The molecule has 0 bridgehead atoms. The van der Waals surface area contributed by atoms with Crippen LogP contribution in [0.2, 0.25) is 0 Å². The van der Waals surface area contributed by atoms with Gasteiger partial charge in [-0.3, -0.25) is 0 Å². The summed E-state index contributed by atoms with van der Waals surface area (Å²) in [5.41, 5.74) is 3.07. The van der Waals surface area contributed by atoms with Crippen LogP contribution in [-0.4, -0.2) is 25.8 Å². The summed E-state index contributed by atoms with van der Waals surface area (Å²) < 4.78 is 5.79. The molecule has 0 aliphatic heterocycles. The molecule has 2 heteroatoms. The van der Waals surface area contributed by atoms with Crippen molar-refractivity contribution >= 4 is 0 Å². The highest BCUT2D eigenvalue weighted by Gasteiger charge is 2.28. The van der Waals surface area contributed by atoms with Gasteiger partial charge in [0.25, 0.3) is 0 Å². The van der Waals surface area contributed by atoms with Gasteiger partial charge in [0.05, 0.1) is 6.61 Å². The molecule has 0 heterocycles. The van der Waals surface area contributed by atoms with Gasteiger partial charge in [0.2, 0.25) is 0 Å². The smallest absolute Gasteiger partial charge is 0.0622 e. The van der Waals surface area contributed by atoms with Crippen molar-refractivity contribution < 1.29 is 4.74 Å². The van der Waals surface area contributed by atoms with Gasteiger partial charge in [-0.05, 0) is 49.3 Å². The Hall–Kier alpha value is -0.860. The first-order chi connectivity index (χ1) is 9.35. The Morgan fingerprint density at radius 1 is 1.16 bits per heavy atom. The maximum absolute atomic E-state index is 5.79. The summed E-state index contributed by atoms with van der Waals surface area (Å²) in [5.74, 6) is 0.695. The minimum absolute atomic E-state index is 0.499. The minimum Gasteiger partial charge on any atom is -0.380 e. The number of nitrogens with one attached hydrogen (secondary N) is 1. The SMILES string of the molecule is CCCNC(COCCC)C1Cc2ccccc2C1. The van der Waals surface area contributed by atoms with E-state index in [4.69, 9.17) is 4.74 Å². The molecule has 1 aromatic carbocycles. The summed E-state index contributed by atoms with van der Waals surface area (Å²) in [4.78, 5) is 0. The van der Waals surface area contributed by atoms with Crippen LogP contribution in [-0.2, 0) is 17.6 Å². The average Bonchev–Trinajstić information content (AvgIpc) is 2.86. The molecule has 1 unspecified atom stereocenters. The van der Waals surface area contributed by atoms with E-state index >= 15 is 0 Å². The predicted octanol–water partition coefficient (Wildman–Crippen LogP) is 3.20. The normalized spacial score (nSPS) is 16.5. The second-order valence-electron chi connectivity index (χ2n) is 5.57. The second kappa shape index (κ2) is 7.66. The number of rotatable bonds is 8. The maximum atomic E-state index is 5.79.